The minimum Gasteiger partial charge on any atom is -0.478 e. The normalized spacial score (nSPS) is 11.2. The molecule has 0 radical (unpaired) electrons. The van der Waals surface area contributed by atoms with Gasteiger partial charge in [0.25, 0.3) is 0 Å². The van der Waals surface area contributed by atoms with Crippen LogP contribution >= 0.6 is 0 Å². The van der Waals surface area contributed by atoms with Crippen molar-refractivity contribution in [2.75, 3.05) is 0 Å². The number of carboxylic acids is 1. The molecule has 0 aliphatic rings. The number of carbonyl (C=O) groups is 1. The van der Waals surface area contributed by atoms with Crippen molar-refractivity contribution in [3.63, 3.8) is 0 Å². The molecule has 0 atom stereocenters. The van der Waals surface area contributed by atoms with Gasteiger partial charge in [0.15, 0.2) is 0 Å². The average molecular weight is 272 g/mol. The second kappa shape index (κ2) is 6.02. The zero-order valence-electron chi connectivity index (χ0n) is 10.8. The number of ether oxygens (including phenoxy) is 1. The third kappa shape index (κ3) is 3.68. The van der Waals surface area contributed by atoms with Crippen LogP contribution in [0.15, 0.2) is 54.1 Å². The Balaban J connectivity index is 2.13. The second-order valence-corrected chi connectivity index (χ2v) is 4.26. The molecule has 0 heterocycles. The summed E-state index contributed by atoms with van der Waals surface area (Å²) in [7, 11) is 0. The lowest BCUT2D eigenvalue weighted by Gasteiger charge is -2.06. The first-order valence-electron chi connectivity index (χ1n) is 6.00. The number of hydrogen-bond acceptors (Lipinski definition) is 2. The SMILES string of the molecule is C/C(=C\c1ccc(Oc2cccc(F)c2)cc1)C(=O)O. The van der Waals surface area contributed by atoms with Gasteiger partial charge >= 0.3 is 5.97 Å². The molecule has 20 heavy (non-hydrogen) atoms. The maximum atomic E-state index is 13.0. The molecule has 4 heteroatoms. The number of carboxylic acid groups (broad SMARTS) is 1. The van der Waals surface area contributed by atoms with Gasteiger partial charge in [0.1, 0.15) is 17.3 Å². The fraction of sp³-hybridized carbons (Fsp3) is 0.0625. The number of rotatable bonds is 4. The van der Waals surface area contributed by atoms with Crippen LogP contribution in [-0.4, -0.2) is 11.1 Å². The monoisotopic (exact) mass is 272 g/mol. The van der Waals surface area contributed by atoms with Crippen molar-refractivity contribution in [2.24, 2.45) is 0 Å². The zero-order valence-corrected chi connectivity index (χ0v) is 10.8. The van der Waals surface area contributed by atoms with Crippen molar-refractivity contribution in [3.05, 3.63) is 65.5 Å². The van der Waals surface area contributed by atoms with Crippen LogP contribution in [0.1, 0.15) is 12.5 Å². The molecule has 0 aliphatic heterocycles. The smallest absolute Gasteiger partial charge is 0.331 e. The molecule has 3 nitrogen and oxygen atoms in total. The molecule has 0 aromatic heterocycles. The van der Waals surface area contributed by atoms with Crippen molar-refractivity contribution in [1.29, 1.82) is 0 Å². The van der Waals surface area contributed by atoms with E-state index in [1.807, 2.05) is 0 Å². The maximum Gasteiger partial charge on any atom is 0.331 e. The predicted octanol–water partition coefficient (Wildman–Crippen LogP) is 4.11. The van der Waals surface area contributed by atoms with Crippen LogP contribution < -0.4 is 4.74 Å². The number of aliphatic carboxylic acids is 1. The average Bonchev–Trinajstić information content (AvgIpc) is 2.41. The fourth-order valence-corrected chi connectivity index (χ4v) is 1.61. The van der Waals surface area contributed by atoms with Gasteiger partial charge in [-0.15, -0.1) is 0 Å². The van der Waals surface area contributed by atoms with Gasteiger partial charge in [-0.1, -0.05) is 18.2 Å². The molecule has 0 fully saturated rings. The Morgan fingerprint density at radius 1 is 1.15 bits per heavy atom. The van der Waals surface area contributed by atoms with Crippen LogP contribution in [-0.2, 0) is 4.79 Å². The topological polar surface area (TPSA) is 46.5 Å². The van der Waals surface area contributed by atoms with Crippen LogP contribution in [0.2, 0.25) is 0 Å². The van der Waals surface area contributed by atoms with Gasteiger partial charge < -0.3 is 9.84 Å². The highest BCUT2D eigenvalue weighted by Gasteiger charge is 2.01. The first-order chi connectivity index (χ1) is 9.54. The summed E-state index contributed by atoms with van der Waals surface area (Å²) >= 11 is 0. The maximum absolute atomic E-state index is 13.0. The molecule has 102 valence electrons. The van der Waals surface area contributed by atoms with E-state index in [2.05, 4.69) is 0 Å². The van der Waals surface area contributed by atoms with Gasteiger partial charge in [-0.3, -0.25) is 0 Å². The van der Waals surface area contributed by atoms with Crippen molar-refractivity contribution < 1.29 is 19.0 Å². The van der Waals surface area contributed by atoms with E-state index >= 15 is 0 Å². The minimum absolute atomic E-state index is 0.254. The van der Waals surface area contributed by atoms with Crippen molar-refractivity contribution >= 4 is 12.0 Å². The predicted molar refractivity (Wildman–Crippen MR) is 74.2 cm³/mol. The molecular weight excluding hydrogens is 259 g/mol. The first kappa shape index (κ1) is 13.8. The standard InChI is InChI=1S/C16H13FO3/c1-11(16(18)19)9-12-5-7-14(8-6-12)20-15-4-2-3-13(17)10-15/h2-10H,1H3,(H,18,19)/b11-9+. The summed E-state index contributed by atoms with van der Waals surface area (Å²) in [5, 5.41) is 8.79. The fourth-order valence-electron chi connectivity index (χ4n) is 1.61. The Morgan fingerprint density at radius 3 is 2.45 bits per heavy atom. The molecule has 0 spiro atoms. The van der Waals surface area contributed by atoms with E-state index < -0.39 is 5.97 Å². The van der Waals surface area contributed by atoms with Crippen molar-refractivity contribution in [2.45, 2.75) is 6.92 Å². The summed E-state index contributed by atoms with van der Waals surface area (Å²) in [6.07, 6.45) is 1.56. The quantitative estimate of drug-likeness (QED) is 0.852. The number of hydrogen-bond donors (Lipinski definition) is 1. The van der Waals surface area contributed by atoms with Gasteiger partial charge in [0, 0.05) is 11.6 Å². The summed E-state index contributed by atoms with van der Waals surface area (Å²) in [4.78, 5) is 10.7. The molecular formula is C16H13FO3. The molecule has 2 rings (SSSR count). The van der Waals surface area contributed by atoms with Crippen LogP contribution in [0.4, 0.5) is 4.39 Å². The lowest BCUT2D eigenvalue weighted by Crippen LogP contribution is -1.95. The Labute approximate surface area is 115 Å². The van der Waals surface area contributed by atoms with Crippen molar-refractivity contribution in [3.8, 4) is 11.5 Å². The molecule has 0 aliphatic carbocycles. The van der Waals surface area contributed by atoms with Crippen LogP contribution in [0.25, 0.3) is 6.08 Å². The molecule has 0 unspecified atom stereocenters. The summed E-state index contributed by atoms with van der Waals surface area (Å²) < 4.78 is 18.5. The van der Waals surface area contributed by atoms with Gasteiger partial charge in [-0.2, -0.15) is 0 Å². The van der Waals surface area contributed by atoms with E-state index in [0.29, 0.717) is 11.5 Å². The summed E-state index contributed by atoms with van der Waals surface area (Å²) in [6.45, 7) is 1.53. The molecule has 1 N–H and O–H groups in total. The Kier molecular flexibility index (Phi) is 4.15. The van der Waals surface area contributed by atoms with E-state index in [4.69, 9.17) is 9.84 Å². The summed E-state index contributed by atoms with van der Waals surface area (Å²) in [5.41, 5.74) is 1.01. The highest BCUT2D eigenvalue weighted by atomic mass is 19.1. The summed E-state index contributed by atoms with van der Waals surface area (Å²) in [6, 6.07) is 12.7. The first-order valence-corrected chi connectivity index (χ1v) is 6.00. The Morgan fingerprint density at radius 2 is 1.85 bits per heavy atom. The minimum atomic E-state index is -0.954. The van der Waals surface area contributed by atoms with Crippen molar-refractivity contribution in [1.82, 2.24) is 0 Å². The van der Waals surface area contributed by atoms with E-state index in [1.165, 1.54) is 19.1 Å². The highest BCUT2D eigenvalue weighted by Crippen LogP contribution is 2.22. The molecule has 0 bridgehead atoms. The van der Waals surface area contributed by atoms with E-state index in [1.54, 1.807) is 42.5 Å². The summed E-state index contributed by atoms with van der Waals surface area (Å²) in [5.74, 6) is -0.347. The number of benzene rings is 2. The van der Waals surface area contributed by atoms with Gasteiger partial charge in [0.05, 0.1) is 0 Å². The molecule has 2 aromatic rings. The van der Waals surface area contributed by atoms with Crippen LogP contribution in [0, 0.1) is 5.82 Å². The van der Waals surface area contributed by atoms with Crippen LogP contribution in [0.3, 0.4) is 0 Å². The Hall–Kier alpha value is -2.62. The number of halogens is 1. The second-order valence-electron chi connectivity index (χ2n) is 4.26. The Bertz CT molecular complexity index is 645. The highest BCUT2D eigenvalue weighted by molar-refractivity contribution is 5.91. The van der Waals surface area contributed by atoms with Gasteiger partial charge in [0.2, 0.25) is 0 Å². The third-order valence-electron chi connectivity index (χ3n) is 2.63. The third-order valence-corrected chi connectivity index (χ3v) is 2.63. The van der Waals surface area contributed by atoms with E-state index in [9.17, 15) is 9.18 Å². The van der Waals surface area contributed by atoms with E-state index in [-0.39, 0.29) is 11.4 Å². The largest absolute Gasteiger partial charge is 0.478 e. The van der Waals surface area contributed by atoms with Gasteiger partial charge in [-0.05, 0) is 42.8 Å². The zero-order chi connectivity index (χ0) is 14.5. The van der Waals surface area contributed by atoms with E-state index in [0.717, 1.165) is 5.56 Å². The molecule has 2 aromatic carbocycles. The lowest BCUT2D eigenvalue weighted by molar-refractivity contribution is -0.132. The molecule has 0 saturated carbocycles. The molecule has 0 saturated heterocycles. The van der Waals surface area contributed by atoms with Gasteiger partial charge in [-0.25, -0.2) is 9.18 Å². The molecule has 0 amide bonds. The lowest BCUT2D eigenvalue weighted by atomic mass is 10.1. The van der Waals surface area contributed by atoms with Crippen LogP contribution in [0.5, 0.6) is 11.5 Å².